The second-order valence-corrected chi connectivity index (χ2v) is 3.12. The van der Waals surface area contributed by atoms with Crippen LogP contribution in [0.3, 0.4) is 0 Å². The summed E-state index contributed by atoms with van der Waals surface area (Å²) in [6.07, 6.45) is 0. The SMILES string of the molecule is COC(C)(C)c1nc(=S)[nH][nH]1. The molecule has 0 atom stereocenters. The third kappa shape index (κ3) is 1.66. The van der Waals surface area contributed by atoms with Crippen LogP contribution in [0.5, 0.6) is 0 Å². The molecule has 62 valence electrons. The minimum absolute atomic E-state index is 0.409. The lowest BCUT2D eigenvalue weighted by Crippen LogP contribution is -2.21. The molecule has 5 heteroatoms. The average molecular weight is 173 g/mol. The van der Waals surface area contributed by atoms with Crippen LogP contribution in [0.1, 0.15) is 19.7 Å². The van der Waals surface area contributed by atoms with Gasteiger partial charge in [-0.25, -0.2) is 4.98 Å². The van der Waals surface area contributed by atoms with Crippen LogP contribution in [0.2, 0.25) is 0 Å². The van der Waals surface area contributed by atoms with Crippen molar-refractivity contribution in [2.24, 2.45) is 0 Å². The summed E-state index contributed by atoms with van der Waals surface area (Å²) in [5.41, 5.74) is -0.409. The van der Waals surface area contributed by atoms with Crippen LogP contribution < -0.4 is 0 Å². The summed E-state index contributed by atoms with van der Waals surface area (Å²) in [7, 11) is 1.63. The molecule has 1 heterocycles. The van der Waals surface area contributed by atoms with E-state index in [2.05, 4.69) is 15.2 Å². The number of nitrogens with one attached hydrogen (secondary N) is 2. The molecule has 0 radical (unpaired) electrons. The van der Waals surface area contributed by atoms with Gasteiger partial charge in [-0.3, -0.25) is 10.2 Å². The normalized spacial score (nSPS) is 11.9. The van der Waals surface area contributed by atoms with Gasteiger partial charge in [0.2, 0.25) is 4.77 Å². The molecule has 0 bridgehead atoms. The van der Waals surface area contributed by atoms with Crippen molar-refractivity contribution < 1.29 is 4.74 Å². The van der Waals surface area contributed by atoms with E-state index in [-0.39, 0.29) is 0 Å². The second-order valence-electron chi connectivity index (χ2n) is 2.73. The van der Waals surface area contributed by atoms with E-state index in [1.165, 1.54) is 0 Å². The first-order valence-electron chi connectivity index (χ1n) is 3.26. The molecule has 0 unspecified atom stereocenters. The summed E-state index contributed by atoms with van der Waals surface area (Å²) in [6.45, 7) is 3.82. The van der Waals surface area contributed by atoms with E-state index in [4.69, 9.17) is 17.0 Å². The van der Waals surface area contributed by atoms with Crippen LogP contribution in [0.15, 0.2) is 0 Å². The molecule has 11 heavy (non-hydrogen) atoms. The summed E-state index contributed by atoms with van der Waals surface area (Å²) < 4.78 is 5.63. The van der Waals surface area contributed by atoms with Crippen molar-refractivity contribution >= 4 is 12.2 Å². The molecule has 2 N–H and O–H groups in total. The second kappa shape index (κ2) is 2.75. The van der Waals surface area contributed by atoms with Crippen molar-refractivity contribution in [3.63, 3.8) is 0 Å². The van der Waals surface area contributed by atoms with Gasteiger partial charge in [0.25, 0.3) is 0 Å². The molecule has 1 aromatic heterocycles. The first kappa shape index (κ1) is 8.42. The molecule has 0 saturated carbocycles. The van der Waals surface area contributed by atoms with Gasteiger partial charge >= 0.3 is 0 Å². The fourth-order valence-corrected chi connectivity index (χ4v) is 0.794. The number of nitrogens with zero attached hydrogens (tertiary/aromatic N) is 1. The Hall–Kier alpha value is -0.680. The molecule has 1 rings (SSSR count). The predicted octanol–water partition coefficient (Wildman–Crippen LogP) is 1.35. The Labute approximate surface area is 70.0 Å². The van der Waals surface area contributed by atoms with Crippen molar-refractivity contribution in [1.82, 2.24) is 15.2 Å². The third-order valence-corrected chi connectivity index (χ3v) is 1.78. The van der Waals surface area contributed by atoms with E-state index >= 15 is 0 Å². The number of hydrogen-bond donors (Lipinski definition) is 2. The van der Waals surface area contributed by atoms with Gasteiger partial charge in [-0.1, -0.05) is 0 Å². The third-order valence-electron chi connectivity index (χ3n) is 1.58. The van der Waals surface area contributed by atoms with Gasteiger partial charge in [0.1, 0.15) is 5.60 Å². The van der Waals surface area contributed by atoms with Gasteiger partial charge in [0.15, 0.2) is 5.82 Å². The zero-order valence-corrected chi connectivity index (χ0v) is 7.58. The van der Waals surface area contributed by atoms with E-state index in [0.29, 0.717) is 10.6 Å². The Bertz CT molecular complexity index is 288. The van der Waals surface area contributed by atoms with Crippen LogP contribution in [0, 0.1) is 4.77 Å². The van der Waals surface area contributed by atoms with Gasteiger partial charge in [-0.05, 0) is 26.1 Å². The molecule has 0 aliphatic rings. The van der Waals surface area contributed by atoms with Crippen molar-refractivity contribution in [3.05, 3.63) is 10.6 Å². The largest absolute Gasteiger partial charge is 0.371 e. The van der Waals surface area contributed by atoms with Gasteiger partial charge in [-0.2, -0.15) is 0 Å². The summed E-state index contributed by atoms with van der Waals surface area (Å²) in [4.78, 5) is 4.03. The highest BCUT2D eigenvalue weighted by molar-refractivity contribution is 7.71. The Balaban J connectivity index is 3.01. The fourth-order valence-electron chi connectivity index (χ4n) is 0.652. The molecule has 0 aliphatic carbocycles. The van der Waals surface area contributed by atoms with E-state index in [1.54, 1.807) is 7.11 Å². The molecule has 4 nitrogen and oxygen atoms in total. The number of aromatic amines is 2. The molecule has 0 saturated heterocycles. The van der Waals surface area contributed by atoms with Crippen molar-refractivity contribution in [3.8, 4) is 0 Å². The monoisotopic (exact) mass is 173 g/mol. The van der Waals surface area contributed by atoms with Gasteiger partial charge < -0.3 is 4.74 Å². The first-order chi connectivity index (χ1) is 5.06. The zero-order valence-electron chi connectivity index (χ0n) is 6.76. The summed E-state index contributed by atoms with van der Waals surface area (Å²) >= 11 is 4.80. The average Bonchev–Trinajstić information content (AvgIpc) is 2.36. The smallest absolute Gasteiger partial charge is 0.213 e. The molecule has 0 amide bonds. The number of H-pyrrole nitrogens is 2. The maximum atomic E-state index is 5.18. The molecule has 1 aromatic rings. The topological polar surface area (TPSA) is 53.7 Å². The lowest BCUT2D eigenvalue weighted by molar-refractivity contribution is 0.0117. The first-order valence-corrected chi connectivity index (χ1v) is 3.67. The number of ether oxygens (including phenoxy) is 1. The maximum Gasteiger partial charge on any atom is 0.213 e. The van der Waals surface area contributed by atoms with Crippen molar-refractivity contribution in [2.75, 3.05) is 7.11 Å². The number of methoxy groups -OCH3 is 1. The van der Waals surface area contributed by atoms with Gasteiger partial charge in [-0.15, -0.1) is 0 Å². The maximum absolute atomic E-state index is 5.18. The van der Waals surface area contributed by atoms with Crippen LogP contribution in [0.25, 0.3) is 0 Å². The molecular formula is C6H11N3OS. The van der Waals surface area contributed by atoms with E-state index < -0.39 is 5.60 Å². The van der Waals surface area contributed by atoms with Crippen LogP contribution in [-0.4, -0.2) is 22.3 Å². The quantitative estimate of drug-likeness (QED) is 0.664. The van der Waals surface area contributed by atoms with Gasteiger partial charge in [0, 0.05) is 7.11 Å². The standard InChI is InChI=1S/C6H11N3OS/c1-6(2,10-3)4-7-5(11)9-8-4/h1-3H3,(H2,7,8,9,11). The summed E-state index contributed by atoms with van der Waals surface area (Å²) in [5.74, 6) is 0.713. The van der Waals surface area contributed by atoms with Crippen molar-refractivity contribution in [2.45, 2.75) is 19.4 Å². The van der Waals surface area contributed by atoms with E-state index in [9.17, 15) is 0 Å². The Morgan fingerprint density at radius 2 is 2.09 bits per heavy atom. The molecule has 0 spiro atoms. The minimum Gasteiger partial charge on any atom is -0.371 e. The predicted molar refractivity (Wildman–Crippen MR) is 43.8 cm³/mol. The lowest BCUT2D eigenvalue weighted by atomic mass is 10.1. The fraction of sp³-hybridized carbons (Fsp3) is 0.667. The van der Waals surface area contributed by atoms with Crippen molar-refractivity contribution in [1.29, 1.82) is 0 Å². The van der Waals surface area contributed by atoms with Crippen LogP contribution in [0.4, 0.5) is 0 Å². The van der Waals surface area contributed by atoms with Crippen LogP contribution in [-0.2, 0) is 10.3 Å². The Kier molecular flexibility index (Phi) is 2.10. The summed E-state index contributed by atoms with van der Waals surface area (Å²) in [5, 5.41) is 5.54. The van der Waals surface area contributed by atoms with Crippen LogP contribution >= 0.6 is 12.2 Å². The van der Waals surface area contributed by atoms with Gasteiger partial charge in [0.05, 0.1) is 0 Å². The zero-order chi connectivity index (χ0) is 8.48. The highest BCUT2D eigenvalue weighted by Gasteiger charge is 2.22. The highest BCUT2D eigenvalue weighted by Crippen LogP contribution is 2.18. The van der Waals surface area contributed by atoms with E-state index in [1.807, 2.05) is 13.8 Å². The van der Waals surface area contributed by atoms with E-state index in [0.717, 1.165) is 0 Å². The highest BCUT2D eigenvalue weighted by atomic mass is 32.1. The molecule has 0 fully saturated rings. The molecular weight excluding hydrogens is 162 g/mol. The number of aromatic nitrogens is 3. The molecule has 0 aliphatic heterocycles. The minimum atomic E-state index is -0.409. The Morgan fingerprint density at radius 1 is 1.45 bits per heavy atom. The summed E-state index contributed by atoms with van der Waals surface area (Å²) in [6, 6.07) is 0. The lowest BCUT2D eigenvalue weighted by Gasteiger charge is -2.18. The number of hydrogen-bond acceptors (Lipinski definition) is 3. The molecule has 0 aromatic carbocycles. The number of rotatable bonds is 2. The Morgan fingerprint density at radius 3 is 2.45 bits per heavy atom.